The van der Waals surface area contributed by atoms with Gasteiger partial charge in [-0.3, -0.25) is 4.79 Å². The lowest BCUT2D eigenvalue weighted by Gasteiger charge is -2.07. The molecule has 5 heteroatoms. The number of thiazole rings is 1. The number of carbonyl (C=O) groups is 1. The summed E-state index contributed by atoms with van der Waals surface area (Å²) in [5.41, 5.74) is 0.822. The molecule has 0 saturated heterocycles. The summed E-state index contributed by atoms with van der Waals surface area (Å²) in [6.07, 6.45) is 0. The van der Waals surface area contributed by atoms with Crippen LogP contribution in [0.15, 0.2) is 0 Å². The molecular formula is C7H9IN2OS. The first kappa shape index (κ1) is 9.91. The van der Waals surface area contributed by atoms with Crippen LogP contribution in [0.1, 0.15) is 15.4 Å². The number of aromatic nitrogens is 1. The third-order valence-electron chi connectivity index (χ3n) is 1.37. The smallest absolute Gasteiger partial charge is 0.265 e. The first-order chi connectivity index (χ1) is 5.52. The number of rotatable bonds is 1. The largest absolute Gasteiger partial charge is 0.344 e. The van der Waals surface area contributed by atoms with Gasteiger partial charge in [-0.15, -0.1) is 11.3 Å². The van der Waals surface area contributed by atoms with Crippen molar-refractivity contribution >= 4 is 39.8 Å². The van der Waals surface area contributed by atoms with Gasteiger partial charge in [0, 0.05) is 14.1 Å². The van der Waals surface area contributed by atoms with E-state index < -0.39 is 0 Å². The standard InChI is InChI=1S/C7H9IN2OS/c1-4-5(6(11)10(2)3)12-7(8)9-4/h1-3H3. The molecule has 0 aliphatic carbocycles. The van der Waals surface area contributed by atoms with Crippen molar-refractivity contribution in [2.45, 2.75) is 6.92 Å². The fraction of sp³-hybridized carbons (Fsp3) is 0.429. The van der Waals surface area contributed by atoms with Gasteiger partial charge in [0.15, 0.2) is 3.01 Å². The maximum atomic E-state index is 11.5. The summed E-state index contributed by atoms with van der Waals surface area (Å²) in [5, 5.41) is 0. The Morgan fingerprint density at radius 1 is 1.58 bits per heavy atom. The molecule has 0 aliphatic rings. The van der Waals surface area contributed by atoms with E-state index in [1.165, 1.54) is 11.3 Å². The SMILES string of the molecule is Cc1nc(I)sc1C(=O)N(C)C. The first-order valence-corrected chi connectivity index (χ1v) is 5.26. The Balaban J connectivity index is 3.02. The average Bonchev–Trinajstić information content (AvgIpc) is 2.28. The van der Waals surface area contributed by atoms with E-state index in [1.807, 2.05) is 6.92 Å². The fourth-order valence-corrected chi connectivity index (χ4v) is 2.60. The molecule has 0 atom stereocenters. The number of nitrogens with zero attached hydrogens (tertiary/aromatic N) is 2. The Bertz CT molecular complexity index is 308. The Labute approximate surface area is 88.9 Å². The van der Waals surface area contributed by atoms with Crippen molar-refractivity contribution in [3.05, 3.63) is 13.6 Å². The van der Waals surface area contributed by atoms with E-state index in [2.05, 4.69) is 27.6 Å². The van der Waals surface area contributed by atoms with Gasteiger partial charge in [0.2, 0.25) is 0 Å². The minimum atomic E-state index is 0.0351. The molecule has 0 bridgehead atoms. The molecule has 0 radical (unpaired) electrons. The molecule has 1 heterocycles. The molecule has 0 fully saturated rings. The molecule has 0 spiro atoms. The van der Waals surface area contributed by atoms with Gasteiger partial charge in [0.05, 0.1) is 5.69 Å². The summed E-state index contributed by atoms with van der Waals surface area (Å²) in [6, 6.07) is 0. The Kier molecular flexibility index (Phi) is 3.05. The zero-order valence-corrected chi connectivity index (χ0v) is 10.1. The molecule has 12 heavy (non-hydrogen) atoms. The van der Waals surface area contributed by atoms with Crippen LogP contribution in [0.25, 0.3) is 0 Å². The molecule has 1 amide bonds. The summed E-state index contributed by atoms with van der Waals surface area (Å²) in [7, 11) is 3.49. The maximum Gasteiger partial charge on any atom is 0.265 e. The van der Waals surface area contributed by atoms with Crippen molar-refractivity contribution in [2.75, 3.05) is 14.1 Å². The predicted molar refractivity (Wildman–Crippen MR) is 57.6 cm³/mol. The van der Waals surface area contributed by atoms with Gasteiger partial charge in [-0.1, -0.05) is 0 Å². The van der Waals surface area contributed by atoms with Gasteiger partial charge in [0.1, 0.15) is 4.88 Å². The molecule has 0 N–H and O–H groups in total. The molecule has 1 aromatic rings. The third-order valence-corrected chi connectivity index (χ3v) is 3.21. The Morgan fingerprint density at radius 3 is 2.50 bits per heavy atom. The summed E-state index contributed by atoms with van der Waals surface area (Å²) in [5.74, 6) is 0.0351. The molecule has 66 valence electrons. The molecule has 0 saturated carbocycles. The normalized spacial score (nSPS) is 10.0. The van der Waals surface area contributed by atoms with Gasteiger partial charge in [-0.05, 0) is 29.5 Å². The van der Waals surface area contributed by atoms with E-state index in [1.54, 1.807) is 19.0 Å². The van der Waals surface area contributed by atoms with Gasteiger partial charge >= 0.3 is 0 Å². The maximum absolute atomic E-state index is 11.5. The number of aryl methyl sites for hydroxylation is 1. The minimum Gasteiger partial charge on any atom is -0.344 e. The highest BCUT2D eigenvalue weighted by atomic mass is 127. The Hall–Kier alpha value is -0.170. The number of amides is 1. The van der Waals surface area contributed by atoms with Crippen LogP contribution in [-0.4, -0.2) is 29.9 Å². The van der Waals surface area contributed by atoms with Crippen molar-refractivity contribution in [3.8, 4) is 0 Å². The van der Waals surface area contributed by atoms with E-state index >= 15 is 0 Å². The molecule has 0 aromatic carbocycles. The van der Waals surface area contributed by atoms with Crippen molar-refractivity contribution in [1.82, 2.24) is 9.88 Å². The van der Waals surface area contributed by atoms with E-state index in [0.717, 1.165) is 13.6 Å². The van der Waals surface area contributed by atoms with Crippen LogP contribution < -0.4 is 0 Å². The van der Waals surface area contributed by atoms with Gasteiger partial charge in [0.25, 0.3) is 5.91 Å². The number of hydrogen-bond donors (Lipinski definition) is 0. The van der Waals surface area contributed by atoms with Crippen LogP contribution >= 0.6 is 33.9 Å². The topological polar surface area (TPSA) is 33.2 Å². The van der Waals surface area contributed by atoms with Crippen LogP contribution in [0.5, 0.6) is 0 Å². The van der Waals surface area contributed by atoms with Gasteiger partial charge < -0.3 is 4.90 Å². The monoisotopic (exact) mass is 296 g/mol. The van der Waals surface area contributed by atoms with Crippen LogP contribution in [0, 0.1) is 9.94 Å². The highest BCUT2D eigenvalue weighted by Crippen LogP contribution is 2.20. The van der Waals surface area contributed by atoms with Gasteiger partial charge in [-0.25, -0.2) is 4.98 Å². The zero-order chi connectivity index (χ0) is 9.30. The minimum absolute atomic E-state index is 0.0351. The fourth-order valence-electron chi connectivity index (χ4n) is 0.765. The molecule has 1 rings (SSSR count). The molecule has 1 aromatic heterocycles. The lowest BCUT2D eigenvalue weighted by molar-refractivity contribution is 0.0831. The molecule has 0 unspecified atom stereocenters. The average molecular weight is 296 g/mol. The zero-order valence-electron chi connectivity index (χ0n) is 7.09. The van der Waals surface area contributed by atoms with Crippen LogP contribution in [-0.2, 0) is 0 Å². The highest BCUT2D eigenvalue weighted by molar-refractivity contribution is 14.1. The molecule has 3 nitrogen and oxygen atoms in total. The molecule has 0 aliphatic heterocycles. The van der Waals surface area contributed by atoms with Gasteiger partial charge in [-0.2, -0.15) is 0 Å². The van der Waals surface area contributed by atoms with Crippen LogP contribution in [0.4, 0.5) is 0 Å². The highest BCUT2D eigenvalue weighted by Gasteiger charge is 2.15. The lowest BCUT2D eigenvalue weighted by atomic mass is 10.4. The van der Waals surface area contributed by atoms with Crippen LogP contribution in [0.2, 0.25) is 0 Å². The van der Waals surface area contributed by atoms with Crippen molar-refractivity contribution in [1.29, 1.82) is 0 Å². The third kappa shape index (κ3) is 1.95. The summed E-state index contributed by atoms with van der Waals surface area (Å²) >= 11 is 3.55. The number of hydrogen-bond acceptors (Lipinski definition) is 3. The Morgan fingerprint density at radius 2 is 2.17 bits per heavy atom. The summed E-state index contributed by atoms with van der Waals surface area (Å²) in [4.78, 5) is 18.0. The number of halogens is 1. The van der Waals surface area contributed by atoms with Crippen LogP contribution in [0.3, 0.4) is 0 Å². The van der Waals surface area contributed by atoms with Crippen molar-refractivity contribution in [2.24, 2.45) is 0 Å². The predicted octanol–water partition coefficient (Wildman–Crippen LogP) is 1.76. The van der Waals surface area contributed by atoms with E-state index in [4.69, 9.17) is 0 Å². The summed E-state index contributed by atoms with van der Waals surface area (Å²) in [6.45, 7) is 1.86. The van der Waals surface area contributed by atoms with E-state index in [0.29, 0.717) is 0 Å². The second-order valence-corrected chi connectivity index (χ2v) is 5.33. The second kappa shape index (κ2) is 3.69. The second-order valence-electron chi connectivity index (χ2n) is 2.58. The van der Waals surface area contributed by atoms with Crippen molar-refractivity contribution < 1.29 is 4.79 Å². The molecular weight excluding hydrogens is 287 g/mol. The van der Waals surface area contributed by atoms with E-state index in [-0.39, 0.29) is 5.91 Å². The quantitative estimate of drug-likeness (QED) is 0.740. The first-order valence-electron chi connectivity index (χ1n) is 3.37. The lowest BCUT2D eigenvalue weighted by Crippen LogP contribution is -2.21. The van der Waals surface area contributed by atoms with Crippen molar-refractivity contribution in [3.63, 3.8) is 0 Å². The summed E-state index contributed by atoms with van der Waals surface area (Å²) < 4.78 is 0.912. The number of carbonyl (C=O) groups excluding carboxylic acids is 1. The van der Waals surface area contributed by atoms with E-state index in [9.17, 15) is 4.79 Å².